The second-order valence-electron chi connectivity index (χ2n) is 4.01. The summed E-state index contributed by atoms with van der Waals surface area (Å²) in [5.74, 6) is -1.40. The lowest BCUT2D eigenvalue weighted by molar-refractivity contribution is -0.137. The van der Waals surface area contributed by atoms with E-state index in [1.165, 1.54) is 12.0 Å². The summed E-state index contributed by atoms with van der Waals surface area (Å²) in [5.41, 5.74) is 6.00. The molecule has 0 saturated heterocycles. The number of hydrogen-bond acceptors (Lipinski definition) is 4. The number of methoxy groups -OCH3 is 1. The lowest BCUT2D eigenvalue weighted by atomic mass is 10.2. The Morgan fingerprint density at radius 3 is 2.47 bits per heavy atom. The van der Waals surface area contributed by atoms with Gasteiger partial charge in [-0.15, -0.1) is 0 Å². The fraction of sp³-hybridized carbons (Fsp3) is 0.385. The molecule has 6 nitrogen and oxygen atoms in total. The highest BCUT2D eigenvalue weighted by Gasteiger charge is 2.21. The van der Waals surface area contributed by atoms with Crippen molar-refractivity contribution in [3.63, 3.8) is 0 Å². The molecule has 0 aliphatic carbocycles. The van der Waals surface area contributed by atoms with Gasteiger partial charge < -0.3 is 20.5 Å². The molecule has 0 radical (unpaired) electrons. The minimum atomic E-state index is -1.07. The number of ether oxygens (including phenoxy) is 1. The highest BCUT2D eigenvalue weighted by molar-refractivity contribution is 5.97. The van der Waals surface area contributed by atoms with Gasteiger partial charge in [0.25, 0.3) is 0 Å². The molecule has 6 heteroatoms. The molecule has 0 fully saturated rings. The third-order valence-electron chi connectivity index (χ3n) is 2.66. The Hall–Kier alpha value is -1.92. The Balaban J connectivity index is 2.85. The molecule has 0 aliphatic heterocycles. The van der Waals surface area contributed by atoms with Gasteiger partial charge in [0.05, 0.1) is 12.5 Å². The van der Waals surface area contributed by atoms with Crippen molar-refractivity contribution in [3.05, 3.63) is 30.3 Å². The summed E-state index contributed by atoms with van der Waals surface area (Å²) >= 11 is 0. The number of rotatable bonds is 7. The first-order valence-corrected chi connectivity index (χ1v) is 5.88. The number of carbonyl (C=O) groups excluding carboxylic acids is 1. The Bertz CT molecular complexity index is 418. The molecule has 0 bridgehead atoms. The van der Waals surface area contributed by atoms with E-state index in [0.717, 1.165) is 0 Å². The Morgan fingerprint density at radius 2 is 2.00 bits per heavy atom. The third kappa shape index (κ3) is 4.69. The van der Waals surface area contributed by atoms with E-state index < -0.39 is 12.1 Å². The molecule has 0 aromatic heterocycles. The average molecular weight is 266 g/mol. The van der Waals surface area contributed by atoms with E-state index in [4.69, 9.17) is 15.6 Å². The number of benzene rings is 1. The van der Waals surface area contributed by atoms with E-state index >= 15 is 0 Å². The lowest BCUT2D eigenvalue weighted by Gasteiger charge is -2.23. The van der Waals surface area contributed by atoms with E-state index in [9.17, 15) is 9.59 Å². The number of carbonyl (C=O) groups is 2. The summed E-state index contributed by atoms with van der Waals surface area (Å²) in [5, 5.41) is 8.89. The topological polar surface area (TPSA) is 92.9 Å². The first kappa shape index (κ1) is 15.1. The molecule has 1 aromatic rings. The van der Waals surface area contributed by atoms with Crippen LogP contribution < -0.4 is 10.6 Å². The van der Waals surface area contributed by atoms with Crippen molar-refractivity contribution >= 4 is 17.6 Å². The summed E-state index contributed by atoms with van der Waals surface area (Å²) in [6.45, 7) is -0.179. The molecule has 1 rings (SSSR count). The minimum Gasteiger partial charge on any atom is -0.480 e. The number of carboxylic acids is 1. The van der Waals surface area contributed by atoms with Crippen LogP contribution in [-0.4, -0.2) is 43.3 Å². The first-order valence-electron chi connectivity index (χ1n) is 5.88. The van der Waals surface area contributed by atoms with Crippen LogP contribution in [0.25, 0.3) is 0 Å². The number of nitrogens with zero attached hydrogens (tertiary/aromatic N) is 1. The van der Waals surface area contributed by atoms with Crippen molar-refractivity contribution in [1.29, 1.82) is 0 Å². The van der Waals surface area contributed by atoms with Crippen LogP contribution in [0, 0.1) is 0 Å². The predicted octanol–water partition coefficient (Wildman–Crippen LogP) is 0.468. The SMILES string of the molecule is COC(CN)CC(=O)N(CC(=O)O)c1ccccc1. The smallest absolute Gasteiger partial charge is 0.323 e. The van der Waals surface area contributed by atoms with Crippen LogP contribution in [-0.2, 0) is 14.3 Å². The average Bonchev–Trinajstić information content (AvgIpc) is 2.42. The molecular formula is C13H18N2O4. The second kappa shape index (κ2) is 7.50. The van der Waals surface area contributed by atoms with Crippen LogP contribution in [0.3, 0.4) is 0 Å². The molecule has 1 atom stereocenters. The number of nitrogens with two attached hydrogens (primary N) is 1. The molecule has 3 N–H and O–H groups in total. The van der Waals surface area contributed by atoms with Gasteiger partial charge in [0, 0.05) is 19.3 Å². The minimum absolute atomic E-state index is 0.0508. The van der Waals surface area contributed by atoms with Crippen molar-refractivity contribution < 1.29 is 19.4 Å². The van der Waals surface area contributed by atoms with Crippen LogP contribution in [0.4, 0.5) is 5.69 Å². The van der Waals surface area contributed by atoms with Gasteiger partial charge in [-0.3, -0.25) is 9.59 Å². The Morgan fingerprint density at radius 1 is 1.37 bits per heavy atom. The highest BCUT2D eigenvalue weighted by atomic mass is 16.5. The summed E-state index contributed by atoms with van der Waals surface area (Å²) in [7, 11) is 1.47. The maximum Gasteiger partial charge on any atom is 0.323 e. The van der Waals surface area contributed by atoms with Crippen molar-refractivity contribution in [2.75, 3.05) is 25.1 Å². The molecule has 1 unspecified atom stereocenters. The molecule has 0 saturated carbocycles. The van der Waals surface area contributed by atoms with E-state index in [-0.39, 0.29) is 25.4 Å². The first-order chi connectivity index (χ1) is 9.08. The van der Waals surface area contributed by atoms with Crippen molar-refractivity contribution in [1.82, 2.24) is 0 Å². The zero-order valence-electron chi connectivity index (χ0n) is 10.8. The van der Waals surface area contributed by atoms with Gasteiger partial charge in [-0.1, -0.05) is 18.2 Å². The monoisotopic (exact) mass is 266 g/mol. The molecule has 0 heterocycles. The van der Waals surface area contributed by atoms with Crippen molar-refractivity contribution in [2.24, 2.45) is 5.73 Å². The van der Waals surface area contributed by atoms with Crippen LogP contribution in [0.2, 0.25) is 0 Å². The number of amides is 1. The maximum absolute atomic E-state index is 12.1. The molecule has 0 spiro atoms. The molecule has 1 amide bonds. The summed E-state index contributed by atoms with van der Waals surface area (Å²) < 4.78 is 5.04. The number of carboxylic acid groups (broad SMARTS) is 1. The Labute approximate surface area is 111 Å². The van der Waals surface area contributed by atoms with Crippen molar-refractivity contribution in [2.45, 2.75) is 12.5 Å². The number of anilines is 1. The van der Waals surface area contributed by atoms with E-state index in [2.05, 4.69) is 0 Å². The fourth-order valence-corrected chi connectivity index (χ4v) is 1.63. The van der Waals surface area contributed by atoms with E-state index in [1.807, 2.05) is 0 Å². The van der Waals surface area contributed by atoms with Crippen LogP contribution in [0.5, 0.6) is 0 Å². The zero-order valence-corrected chi connectivity index (χ0v) is 10.8. The number of para-hydroxylation sites is 1. The quantitative estimate of drug-likeness (QED) is 0.748. The van der Waals surface area contributed by atoms with Crippen LogP contribution >= 0.6 is 0 Å². The normalized spacial score (nSPS) is 11.9. The van der Waals surface area contributed by atoms with E-state index in [1.54, 1.807) is 30.3 Å². The van der Waals surface area contributed by atoms with Crippen molar-refractivity contribution in [3.8, 4) is 0 Å². The van der Waals surface area contributed by atoms with Gasteiger partial charge in [-0.2, -0.15) is 0 Å². The van der Waals surface area contributed by atoms with Gasteiger partial charge in [0.2, 0.25) is 5.91 Å². The number of hydrogen-bond donors (Lipinski definition) is 2. The molecule has 19 heavy (non-hydrogen) atoms. The van der Waals surface area contributed by atoms with Gasteiger partial charge in [-0.05, 0) is 12.1 Å². The van der Waals surface area contributed by atoms with E-state index in [0.29, 0.717) is 5.69 Å². The van der Waals surface area contributed by atoms with Gasteiger partial charge in [-0.25, -0.2) is 0 Å². The number of aliphatic carboxylic acids is 1. The molecule has 1 aromatic carbocycles. The standard InChI is InChI=1S/C13H18N2O4/c1-19-11(8-14)7-12(16)15(9-13(17)18)10-5-3-2-4-6-10/h2-6,11H,7-9,14H2,1H3,(H,17,18). The lowest BCUT2D eigenvalue weighted by Crippen LogP contribution is -2.39. The van der Waals surface area contributed by atoms with Gasteiger partial charge in [0.1, 0.15) is 6.54 Å². The highest BCUT2D eigenvalue weighted by Crippen LogP contribution is 2.15. The summed E-state index contributed by atoms with van der Waals surface area (Å²) in [6, 6.07) is 8.66. The van der Waals surface area contributed by atoms with Gasteiger partial charge in [0.15, 0.2) is 0 Å². The second-order valence-corrected chi connectivity index (χ2v) is 4.01. The van der Waals surface area contributed by atoms with Gasteiger partial charge >= 0.3 is 5.97 Å². The predicted molar refractivity (Wildman–Crippen MR) is 70.9 cm³/mol. The van der Waals surface area contributed by atoms with Crippen LogP contribution in [0.1, 0.15) is 6.42 Å². The summed E-state index contributed by atoms with van der Waals surface area (Å²) in [4.78, 5) is 24.2. The molecule has 104 valence electrons. The fourth-order valence-electron chi connectivity index (χ4n) is 1.63. The summed E-state index contributed by atoms with van der Waals surface area (Å²) in [6.07, 6.45) is -0.359. The largest absolute Gasteiger partial charge is 0.480 e. The Kier molecular flexibility index (Phi) is 5.98. The molecular weight excluding hydrogens is 248 g/mol. The molecule has 0 aliphatic rings. The maximum atomic E-state index is 12.1. The van der Waals surface area contributed by atoms with Crippen LogP contribution in [0.15, 0.2) is 30.3 Å². The third-order valence-corrected chi connectivity index (χ3v) is 2.66. The zero-order chi connectivity index (χ0) is 14.3.